The van der Waals surface area contributed by atoms with Crippen LogP contribution in [0.25, 0.3) is 10.2 Å². The van der Waals surface area contributed by atoms with Crippen LogP contribution in [0, 0.1) is 10.9 Å². The SMILES string of the molecule is Cc1nn(CN2CCN([C@H](C)c3nc4ccccc4s3)CC2)c(=S)s1. The maximum atomic E-state index is 5.38. The van der Waals surface area contributed by atoms with Crippen LogP contribution in [0.4, 0.5) is 0 Å². The molecule has 3 aromatic rings. The standard InChI is InChI=1S/C17H21N5S3/c1-12(16-18-14-5-3-4-6-15(14)25-16)21-9-7-20(8-10-21)11-22-17(23)24-13(2)19-22/h3-6,12H,7-11H2,1-2H3/t12-/m1/s1. The Kier molecular flexibility index (Phi) is 4.97. The van der Waals surface area contributed by atoms with Crippen LogP contribution < -0.4 is 0 Å². The monoisotopic (exact) mass is 391 g/mol. The van der Waals surface area contributed by atoms with E-state index in [4.69, 9.17) is 17.2 Å². The van der Waals surface area contributed by atoms with Gasteiger partial charge in [0.2, 0.25) is 0 Å². The van der Waals surface area contributed by atoms with E-state index in [-0.39, 0.29) is 0 Å². The molecule has 1 aromatic carbocycles. The number of aryl methyl sites for hydroxylation is 1. The first kappa shape index (κ1) is 17.2. The lowest BCUT2D eigenvalue weighted by Crippen LogP contribution is -2.47. The molecule has 1 saturated heterocycles. The second-order valence-electron chi connectivity index (χ2n) is 6.38. The summed E-state index contributed by atoms with van der Waals surface area (Å²) in [6.45, 7) is 9.25. The molecule has 3 heterocycles. The molecule has 2 aromatic heterocycles. The molecule has 0 saturated carbocycles. The van der Waals surface area contributed by atoms with Crippen LogP contribution in [0.2, 0.25) is 0 Å². The van der Waals surface area contributed by atoms with Crippen molar-refractivity contribution in [2.45, 2.75) is 26.6 Å². The molecule has 0 spiro atoms. The molecule has 5 nitrogen and oxygen atoms in total. The third-order valence-corrected chi connectivity index (χ3v) is 7.09. The number of thiazole rings is 1. The zero-order chi connectivity index (χ0) is 17.4. The lowest BCUT2D eigenvalue weighted by atomic mass is 10.2. The third-order valence-electron chi connectivity index (χ3n) is 4.66. The van der Waals surface area contributed by atoms with Gasteiger partial charge in [-0.3, -0.25) is 9.80 Å². The lowest BCUT2D eigenvalue weighted by Gasteiger charge is -2.37. The number of piperazine rings is 1. The molecule has 1 aliphatic heterocycles. The number of nitrogens with zero attached hydrogens (tertiary/aromatic N) is 5. The molecule has 0 bridgehead atoms. The van der Waals surface area contributed by atoms with E-state index in [1.807, 2.05) is 22.9 Å². The van der Waals surface area contributed by atoms with Crippen LogP contribution in [-0.4, -0.2) is 50.7 Å². The number of benzene rings is 1. The Morgan fingerprint density at radius 2 is 1.92 bits per heavy atom. The van der Waals surface area contributed by atoms with E-state index in [0.717, 1.165) is 47.3 Å². The number of fused-ring (bicyclic) bond motifs is 1. The summed E-state index contributed by atoms with van der Waals surface area (Å²) in [6, 6.07) is 8.75. The predicted octanol–water partition coefficient (Wildman–Crippen LogP) is 3.93. The maximum Gasteiger partial charge on any atom is 0.180 e. The highest BCUT2D eigenvalue weighted by molar-refractivity contribution is 7.73. The van der Waals surface area contributed by atoms with Crippen molar-refractivity contribution in [1.29, 1.82) is 0 Å². The van der Waals surface area contributed by atoms with Gasteiger partial charge in [0.15, 0.2) is 3.95 Å². The van der Waals surface area contributed by atoms with Gasteiger partial charge in [-0.2, -0.15) is 5.10 Å². The minimum absolute atomic E-state index is 0.364. The van der Waals surface area contributed by atoms with Gasteiger partial charge in [-0.15, -0.1) is 11.3 Å². The van der Waals surface area contributed by atoms with E-state index in [0.29, 0.717) is 6.04 Å². The molecule has 1 atom stereocenters. The van der Waals surface area contributed by atoms with Crippen molar-refractivity contribution in [2.24, 2.45) is 0 Å². The molecule has 132 valence electrons. The first-order chi connectivity index (χ1) is 12.1. The number of aromatic nitrogens is 3. The van der Waals surface area contributed by atoms with Gasteiger partial charge in [-0.1, -0.05) is 23.5 Å². The average Bonchev–Trinajstić information content (AvgIpc) is 3.18. The number of para-hydroxylation sites is 1. The van der Waals surface area contributed by atoms with E-state index >= 15 is 0 Å². The largest absolute Gasteiger partial charge is 0.292 e. The smallest absolute Gasteiger partial charge is 0.180 e. The first-order valence-electron chi connectivity index (χ1n) is 8.46. The van der Waals surface area contributed by atoms with Crippen molar-refractivity contribution in [3.63, 3.8) is 0 Å². The molecule has 4 rings (SSSR count). The summed E-state index contributed by atoms with van der Waals surface area (Å²) < 4.78 is 4.08. The van der Waals surface area contributed by atoms with Crippen LogP contribution in [0.5, 0.6) is 0 Å². The Labute approximate surface area is 160 Å². The van der Waals surface area contributed by atoms with E-state index in [2.05, 4.69) is 46.1 Å². The quantitative estimate of drug-likeness (QED) is 0.630. The van der Waals surface area contributed by atoms with Crippen molar-refractivity contribution >= 4 is 45.1 Å². The Hall–Kier alpha value is -1.19. The molecule has 0 amide bonds. The van der Waals surface area contributed by atoms with Crippen molar-refractivity contribution in [1.82, 2.24) is 24.6 Å². The van der Waals surface area contributed by atoms with Crippen LogP contribution in [0.3, 0.4) is 0 Å². The fourth-order valence-electron chi connectivity index (χ4n) is 3.21. The van der Waals surface area contributed by atoms with Gasteiger partial charge >= 0.3 is 0 Å². The summed E-state index contributed by atoms with van der Waals surface area (Å²) in [4.78, 5) is 9.78. The second-order valence-corrected chi connectivity index (χ2v) is 9.27. The van der Waals surface area contributed by atoms with Gasteiger partial charge in [0, 0.05) is 26.2 Å². The number of hydrogen-bond donors (Lipinski definition) is 0. The normalized spacial score (nSPS) is 18.0. The van der Waals surface area contributed by atoms with Crippen LogP contribution >= 0.6 is 34.9 Å². The van der Waals surface area contributed by atoms with Crippen LogP contribution in [-0.2, 0) is 6.67 Å². The zero-order valence-corrected chi connectivity index (χ0v) is 16.8. The van der Waals surface area contributed by atoms with Gasteiger partial charge in [0.25, 0.3) is 0 Å². The van der Waals surface area contributed by atoms with E-state index in [1.54, 1.807) is 11.3 Å². The Morgan fingerprint density at radius 3 is 2.60 bits per heavy atom. The van der Waals surface area contributed by atoms with Crippen molar-refractivity contribution < 1.29 is 0 Å². The molecule has 0 unspecified atom stereocenters. The summed E-state index contributed by atoms with van der Waals surface area (Å²) in [5, 5.41) is 6.75. The predicted molar refractivity (Wildman–Crippen MR) is 107 cm³/mol. The Bertz CT molecular complexity index is 887. The average molecular weight is 392 g/mol. The summed E-state index contributed by atoms with van der Waals surface area (Å²) >= 11 is 8.78. The lowest BCUT2D eigenvalue weighted by molar-refractivity contribution is 0.0790. The molecule has 25 heavy (non-hydrogen) atoms. The summed E-state index contributed by atoms with van der Waals surface area (Å²) in [5.41, 5.74) is 1.11. The minimum Gasteiger partial charge on any atom is -0.292 e. The van der Waals surface area contributed by atoms with E-state index in [1.165, 1.54) is 9.71 Å². The molecule has 0 radical (unpaired) electrons. The number of rotatable bonds is 4. The molecular weight excluding hydrogens is 370 g/mol. The summed E-state index contributed by atoms with van der Waals surface area (Å²) in [7, 11) is 0. The van der Waals surface area contributed by atoms with E-state index in [9.17, 15) is 0 Å². The molecule has 8 heteroatoms. The Morgan fingerprint density at radius 1 is 1.16 bits per heavy atom. The van der Waals surface area contributed by atoms with Gasteiger partial charge < -0.3 is 0 Å². The van der Waals surface area contributed by atoms with Crippen molar-refractivity contribution in [3.8, 4) is 0 Å². The van der Waals surface area contributed by atoms with Crippen molar-refractivity contribution in [2.75, 3.05) is 26.2 Å². The van der Waals surface area contributed by atoms with Crippen molar-refractivity contribution in [3.05, 3.63) is 38.2 Å². The summed E-state index contributed by atoms with van der Waals surface area (Å²) in [5.74, 6) is 0. The zero-order valence-electron chi connectivity index (χ0n) is 14.4. The van der Waals surface area contributed by atoms with Gasteiger partial charge in [0.05, 0.1) is 22.9 Å². The van der Waals surface area contributed by atoms with Gasteiger partial charge in [-0.25, -0.2) is 9.67 Å². The highest BCUT2D eigenvalue weighted by atomic mass is 32.1. The molecule has 1 aliphatic rings. The molecule has 0 aliphatic carbocycles. The molecular formula is C17H21N5S3. The van der Waals surface area contributed by atoms with E-state index < -0.39 is 0 Å². The maximum absolute atomic E-state index is 5.38. The van der Waals surface area contributed by atoms with Gasteiger partial charge in [0.1, 0.15) is 10.0 Å². The Balaban J connectivity index is 1.39. The molecule has 0 N–H and O–H groups in total. The summed E-state index contributed by atoms with van der Waals surface area (Å²) in [6.07, 6.45) is 0. The topological polar surface area (TPSA) is 37.2 Å². The minimum atomic E-state index is 0.364. The fraction of sp³-hybridized carbons (Fsp3) is 0.471. The number of hydrogen-bond acceptors (Lipinski definition) is 7. The van der Waals surface area contributed by atoms with Crippen LogP contribution in [0.15, 0.2) is 24.3 Å². The highest BCUT2D eigenvalue weighted by Gasteiger charge is 2.24. The van der Waals surface area contributed by atoms with Gasteiger partial charge in [-0.05, 0) is 38.2 Å². The molecule has 1 fully saturated rings. The third kappa shape index (κ3) is 3.68. The highest BCUT2D eigenvalue weighted by Crippen LogP contribution is 2.29. The fourth-order valence-corrected chi connectivity index (χ4v) is 5.32. The van der Waals surface area contributed by atoms with Crippen LogP contribution in [0.1, 0.15) is 23.0 Å². The second kappa shape index (κ2) is 7.20. The first-order valence-corrected chi connectivity index (χ1v) is 10.5.